The molecule has 1 aliphatic heterocycles. The van der Waals surface area contributed by atoms with Gasteiger partial charge >= 0.3 is 0 Å². The highest BCUT2D eigenvalue weighted by Gasteiger charge is 2.24. The van der Waals surface area contributed by atoms with Gasteiger partial charge in [0.05, 0.1) is 0 Å². The molecule has 2 aromatic heterocycles. The topological polar surface area (TPSA) is 46.0 Å². The average molecular weight is 354 g/mol. The second-order valence-electron chi connectivity index (χ2n) is 6.24. The van der Waals surface area contributed by atoms with E-state index in [2.05, 4.69) is 38.4 Å². The van der Waals surface area contributed by atoms with Gasteiger partial charge in [-0.1, -0.05) is 29.8 Å². The van der Waals surface area contributed by atoms with Gasteiger partial charge in [-0.15, -0.1) is 0 Å². The van der Waals surface area contributed by atoms with E-state index in [1.807, 2.05) is 35.2 Å². The maximum atomic E-state index is 6.18. The van der Waals surface area contributed by atoms with Crippen molar-refractivity contribution >= 4 is 11.6 Å². The summed E-state index contributed by atoms with van der Waals surface area (Å²) in [6.45, 7) is 3.80. The van der Waals surface area contributed by atoms with Crippen molar-refractivity contribution in [3.63, 3.8) is 0 Å². The zero-order valence-corrected chi connectivity index (χ0v) is 14.6. The second kappa shape index (κ2) is 7.35. The largest absolute Gasteiger partial charge is 0.314 e. The molecule has 128 valence electrons. The van der Waals surface area contributed by atoms with Gasteiger partial charge < -0.3 is 5.32 Å². The van der Waals surface area contributed by atoms with E-state index >= 15 is 0 Å². The van der Waals surface area contributed by atoms with Crippen molar-refractivity contribution in [2.24, 2.45) is 0 Å². The van der Waals surface area contributed by atoms with Crippen molar-refractivity contribution in [3.05, 3.63) is 77.5 Å². The van der Waals surface area contributed by atoms with Crippen molar-refractivity contribution < 1.29 is 0 Å². The number of benzene rings is 1. The van der Waals surface area contributed by atoms with Gasteiger partial charge in [0.15, 0.2) is 0 Å². The summed E-state index contributed by atoms with van der Waals surface area (Å²) < 4.78 is 1.91. The lowest BCUT2D eigenvalue weighted by atomic mass is 10.0. The Kier molecular flexibility index (Phi) is 4.78. The van der Waals surface area contributed by atoms with Crippen molar-refractivity contribution in [2.75, 3.05) is 19.6 Å². The molecule has 1 aliphatic rings. The lowest BCUT2D eigenvalue weighted by Gasteiger charge is -2.36. The van der Waals surface area contributed by atoms with Crippen LogP contribution in [0.25, 0.3) is 5.82 Å². The molecule has 6 heteroatoms. The Morgan fingerprint density at radius 2 is 2.20 bits per heavy atom. The van der Waals surface area contributed by atoms with Crippen LogP contribution in [0.4, 0.5) is 0 Å². The first-order valence-corrected chi connectivity index (χ1v) is 8.81. The summed E-state index contributed by atoms with van der Waals surface area (Å²) in [4.78, 5) is 11.1. The molecule has 1 unspecified atom stereocenters. The molecule has 5 nitrogen and oxygen atoms in total. The first-order chi connectivity index (χ1) is 12.3. The number of nitrogens with zero attached hydrogens (tertiary/aromatic N) is 4. The number of hydrogen-bond donors (Lipinski definition) is 1. The quantitative estimate of drug-likeness (QED) is 0.783. The number of pyridine rings is 1. The normalized spacial score (nSPS) is 18.4. The summed E-state index contributed by atoms with van der Waals surface area (Å²) in [7, 11) is 0. The van der Waals surface area contributed by atoms with Gasteiger partial charge in [-0.25, -0.2) is 9.97 Å². The van der Waals surface area contributed by atoms with E-state index in [9.17, 15) is 0 Å². The Bertz CT molecular complexity index is 816. The van der Waals surface area contributed by atoms with Gasteiger partial charge in [-0.05, 0) is 29.3 Å². The molecule has 3 aromatic rings. The van der Waals surface area contributed by atoms with Gasteiger partial charge in [0.1, 0.15) is 12.1 Å². The lowest BCUT2D eigenvalue weighted by molar-refractivity contribution is 0.153. The van der Waals surface area contributed by atoms with Gasteiger partial charge in [-0.2, -0.15) is 0 Å². The van der Waals surface area contributed by atoms with Crippen molar-refractivity contribution in [1.82, 2.24) is 24.8 Å². The molecule has 3 heterocycles. The molecule has 0 bridgehead atoms. The van der Waals surface area contributed by atoms with Crippen LogP contribution in [0.15, 0.2) is 61.3 Å². The molecule has 0 spiro atoms. The fraction of sp³-hybridized carbons (Fsp3) is 0.263. The molecule has 0 saturated carbocycles. The summed E-state index contributed by atoms with van der Waals surface area (Å²) in [5, 5.41) is 4.27. The zero-order valence-electron chi connectivity index (χ0n) is 13.8. The third-order valence-electron chi connectivity index (χ3n) is 4.55. The number of imidazole rings is 1. The molecule has 1 atom stereocenters. The fourth-order valence-corrected chi connectivity index (χ4v) is 3.47. The standard InChI is InChI=1S/C19H20ClN5/c20-17-3-1-2-16(10-17)18-12-21-6-8-24(18)13-15-4-5-19(23-11-15)25-9-7-22-14-25/h1-5,7,9-11,14,18,21H,6,8,12-13H2. The van der Waals surface area contributed by atoms with Crippen LogP contribution in [-0.4, -0.2) is 39.1 Å². The van der Waals surface area contributed by atoms with E-state index in [0.29, 0.717) is 6.04 Å². The molecule has 4 rings (SSSR count). The number of rotatable bonds is 4. The Balaban J connectivity index is 1.51. The molecule has 25 heavy (non-hydrogen) atoms. The molecule has 0 amide bonds. The number of aromatic nitrogens is 3. The van der Waals surface area contributed by atoms with Crippen LogP contribution in [-0.2, 0) is 6.54 Å². The van der Waals surface area contributed by atoms with Crippen LogP contribution < -0.4 is 5.32 Å². The summed E-state index contributed by atoms with van der Waals surface area (Å²) >= 11 is 6.18. The third-order valence-corrected chi connectivity index (χ3v) is 4.79. The molecule has 1 saturated heterocycles. The van der Waals surface area contributed by atoms with Crippen LogP contribution in [0.2, 0.25) is 5.02 Å². The van der Waals surface area contributed by atoms with Crippen LogP contribution in [0, 0.1) is 0 Å². The lowest BCUT2D eigenvalue weighted by Crippen LogP contribution is -2.45. The predicted molar refractivity (Wildman–Crippen MR) is 98.8 cm³/mol. The number of hydrogen-bond acceptors (Lipinski definition) is 4. The van der Waals surface area contributed by atoms with E-state index in [0.717, 1.165) is 37.0 Å². The van der Waals surface area contributed by atoms with E-state index in [4.69, 9.17) is 11.6 Å². The third kappa shape index (κ3) is 3.74. The Morgan fingerprint density at radius 1 is 1.24 bits per heavy atom. The zero-order chi connectivity index (χ0) is 17.1. The first-order valence-electron chi connectivity index (χ1n) is 8.43. The highest BCUT2D eigenvalue weighted by molar-refractivity contribution is 6.30. The van der Waals surface area contributed by atoms with Crippen LogP contribution in [0.5, 0.6) is 0 Å². The summed E-state index contributed by atoms with van der Waals surface area (Å²) in [6, 6.07) is 12.6. The van der Waals surface area contributed by atoms with Crippen molar-refractivity contribution in [3.8, 4) is 5.82 Å². The number of piperazine rings is 1. The number of halogens is 1. The van der Waals surface area contributed by atoms with Gasteiger partial charge in [0.2, 0.25) is 0 Å². The monoisotopic (exact) mass is 353 g/mol. The number of nitrogens with one attached hydrogen (secondary N) is 1. The maximum absolute atomic E-state index is 6.18. The molecular weight excluding hydrogens is 334 g/mol. The molecule has 1 aromatic carbocycles. The molecular formula is C19H20ClN5. The minimum absolute atomic E-state index is 0.320. The molecule has 1 fully saturated rings. The van der Waals surface area contributed by atoms with Crippen LogP contribution in [0.1, 0.15) is 17.2 Å². The van der Waals surface area contributed by atoms with E-state index in [-0.39, 0.29) is 0 Å². The molecule has 0 aliphatic carbocycles. The van der Waals surface area contributed by atoms with Crippen LogP contribution in [0.3, 0.4) is 0 Å². The van der Waals surface area contributed by atoms with E-state index in [1.54, 1.807) is 12.5 Å². The highest BCUT2D eigenvalue weighted by Crippen LogP contribution is 2.26. The highest BCUT2D eigenvalue weighted by atomic mass is 35.5. The minimum atomic E-state index is 0.320. The summed E-state index contributed by atoms with van der Waals surface area (Å²) in [5.41, 5.74) is 2.46. The van der Waals surface area contributed by atoms with Gasteiger partial charge in [0, 0.05) is 55.8 Å². The van der Waals surface area contributed by atoms with Crippen molar-refractivity contribution in [2.45, 2.75) is 12.6 Å². The summed E-state index contributed by atoms with van der Waals surface area (Å²) in [6.07, 6.45) is 7.36. The minimum Gasteiger partial charge on any atom is -0.314 e. The first kappa shape index (κ1) is 16.3. The van der Waals surface area contributed by atoms with Crippen LogP contribution >= 0.6 is 11.6 Å². The smallest absolute Gasteiger partial charge is 0.137 e. The Hall–Kier alpha value is -2.21. The average Bonchev–Trinajstić information content (AvgIpc) is 3.18. The maximum Gasteiger partial charge on any atom is 0.137 e. The molecule has 1 N–H and O–H groups in total. The fourth-order valence-electron chi connectivity index (χ4n) is 3.27. The van der Waals surface area contributed by atoms with Gasteiger partial charge in [-0.3, -0.25) is 9.47 Å². The summed E-state index contributed by atoms with van der Waals surface area (Å²) in [5.74, 6) is 0.882. The molecule has 0 radical (unpaired) electrons. The van der Waals surface area contributed by atoms with Crippen molar-refractivity contribution in [1.29, 1.82) is 0 Å². The SMILES string of the molecule is Clc1cccc(C2CNCCN2Cc2ccc(-n3ccnc3)nc2)c1. The second-order valence-corrected chi connectivity index (χ2v) is 6.68. The van der Waals surface area contributed by atoms with E-state index in [1.165, 1.54) is 11.1 Å². The Morgan fingerprint density at radius 3 is 2.96 bits per heavy atom. The van der Waals surface area contributed by atoms with Gasteiger partial charge in [0.25, 0.3) is 0 Å². The Labute approximate surface area is 152 Å². The predicted octanol–water partition coefficient (Wildman–Crippen LogP) is 3.07. The van der Waals surface area contributed by atoms with E-state index < -0.39 is 0 Å².